The fourth-order valence-electron chi connectivity index (χ4n) is 3.76. The molecule has 3 heteroatoms. The summed E-state index contributed by atoms with van der Waals surface area (Å²) < 4.78 is 2.25. The standard InChI is InChI=1S/C23H44N2O/c1-2-3-4-5-6-7-8-9-10-11-12-13-14-15-16-17-20-25-21-19-24-23(25)18-22-26/h19,21,26H,2-18,20,22H2,1H3/p+1. The number of H-pyrrole nitrogens is 1. The molecular weight excluding hydrogens is 320 g/mol. The molecule has 0 amide bonds. The van der Waals surface area contributed by atoms with Gasteiger partial charge in [-0.05, 0) is 12.8 Å². The quantitative estimate of drug-likeness (QED) is 0.226. The molecule has 0 aliphatic heterocycles. The molecule has 2 N–H and O–H groups in total. The number of nitrogens with zero attached hydrogens (tertiary/aromatic N) is 1. The molecule has 0 saturated heterocycles. The summed E-state index contributed by atoms with van der Waals surface area (Å²) in [5, 5.41) is 9.04. The minimum atomic E-state index is 0.222. The first-order valence-electron chi connectivity index (χ1n) is 11.5. The number of aromatic nitrogens is 2. The van der Waals surface area contributed by atoms with Crippen LogP contribution in [0.4, 0.5) is 0 Å². The van der Waals surface area contributed by atoms with E-state index >= 15 is 0 Å². The lowest BCUT2D eigenvalue weighted by Crippen LogP contribution is -2.36. The lowest BCUT2D eigenvalue weighted by molar-refractivity contribution is -0.703. The summed E-state index contributed by atoms with van der Waals surface area (Å²) in [4.78, 5) is 3.21. The highest BCUT2D eigenvalue weighted by Crippen LogP contribution is 2.13. The van der Waals surface area contributed by atoms with Gasteiger partial charge in [0.2, 0.25) is 0 Å². The van der Waals surface area contributed by atoms with E-state index in [0.717, 1.165) is 18.8 Å². The second kappa shape index (κ2) is 17.6. The largest absolute Gasteiger partial charge is 0.396 e. The van der Waals surface area contributed by atoms with Crippen LogP contribution in [0, 0.1) is 0 Å². The molecular formula is C23H45N2O+. The fraction of sp³-hybridized carbons (Fsp3) is 0.870. The van der Waals surface area contributed by atoms with E-state index < -0.39 is 0 Å². The molecule has 0 fully saturated rings. The Morgan fingerprint density at radius 3 is 1.65 bits per heavy atom. The van der Waals surface area contributed by atoms with Crippen LogP contribution in [-0.4, -0.2) is 16.7 Å². The third-order valence-corrected chi connectivity index (χ3v) is 5.45. The molecule has 0 radical (unpaired) electrons. The Bertz CT molecular complexity index is 403. The van der Waals surface area contributed by atoms with Gasteiger partial charge in [0.15, 0.2) is 0 Å². The molecule has 0 spiro atoms. The zero-order valence-electron chi connectivity index (χ0n) is 17.5. The van der Waals surface area contributed by atoms with Gasteiger partial charge >= 0.3 is 0 Å². The molecule has 3 nitrogen and oxygen atoms in total. The van der Waals surface area contributed by atoms with E-state index in [-0.39, 0.29) is 6.61 Å². The monoisotopic (exact) mass is 365 g/mol. The lowest BCUT2D eigenvalue weighted by atomic mass is 10.0. The van der Waals surface area contributed by atoms with Gasteiger partial charge in [-0.25, -0.2) is 9.55 Å². The zero-order valence-corrected chi connectivity index (χ0v) is 17.5. The topological polar surface area (TPSA) is 39.9 Å². The van der Waals surface area contributed by atoms with Crippen molar-refractivity contribution in [3.63, 3.8) is 0 Å². The van der Waals surface area contributed by atoms with Crippen LogP contribution in [0.5, 0.6) is 0 Å². The highest BCUT2D eigenvalue weighted by molar-refractivity contribution is 4.76. The Morgan fingerprint density at radius 1 is 0.731 bits per heavy atom. The van der Waals surface area contributed by atoms with Gasteiger partial charge in [-0.3, -0.25) is 0 Å². The minimum absolute atomic E-state index is 0.222. The average Bonchev–Trinajstić information content (AvgIpc) is 3.09. The molecule has 0 bridgehead atoms. The first-order valence-corrected chi connectivity index (χ1v) is 11.5. The van der Waals surface area contributed by atoms with Crippen molar-refractivity contribution in [2.45, 2.75) is 123 Å². The van der Waals surface area contributed by atoms with Gasteiger partial charge in [0.25, 0.3) is 5.82 Å². The molecule has 26 heavy (non-hydrogen) atoms. The fourth-order valence-corrected chi connectivity index (χ4v) is 3.76. The number of aliphatic hydroxyl groups is 1. The van der Waals surface area contributed by atoms with E-state index in [1.807, 2.05) is 6.20 Å². The van der Waals surface area contributed by atoms with Crippen molar-refractivity contribution >= 4 is 0 Å². The highest BCUT2D eigenvalue weighted by atomic mass is 16.3. The van der Waals surface area contributed by atoms with Crippen molar-refractivity contribution in [3.8, 4) is 0 Å². The van der Waals surface area contributed by atoms with Crippen molar-refractivity contribution in [3.05, 3.63) is 18.2 Å². The van der Waals surface area contributed by atoms with Crippen molar-refractivity contribution in [1.29, 1.82) is 0 Å². The summed E-state index contributed by atoms with van der Waals surface area (Å²) in [6.07, 6.45) is 27.4. The van der Waals surface area contributed by atoms with Gasteiger partial charge in [0.1, 0.15) is 12.4 Å². The molecule has 1 aromatic heterocycles. The lowest BCUT2D eigenvalue weighted by Gasteiger charge is -2.04. The van der Waals surface area contributed by atoms with E-state index in [1.165, 1.54) is 103 Å². The molecule has 0 aromatic carbocycles. The summed E-state index contributed by atoms with van der Waals surface area (Å²) in [7, 11) is 0. The molecule has 0 atom stereocenters. The van der Waals surface area contributed by atoms with Crippen molar-refractivity contribution in [1.82, 2.24) is 4.98 Å². The zero-order chi connectivity index (χ0) is 18.7. The Morgan fingerprint density at radius 2 is 1.19 bits per heavy atom. The number of aliphatic hydroxyl groups excluding tert-OH is 1. The van der Waals surface area contributed by atoms with Crippen LogP contribution in [0.1, 0.15) is 115 Å². The number of hydrogen-bond donors (Lipinski definition) is 2. The van der Waals surface area contributed by atoms with Gasteiger partial charge in [-0.15, -0.1) is 0 Å². The Labute approximate surface area is 162 Å². The molecule has 1 heterocycles. The summed E-state index contributed by atoms with van der Waals surface area (Å²) in [5.41, 5.74) is 0. The molecule has 0 unspecified atom stereocenters. The average molecular weight is 366 g/mol. The number of imidazole rings is 1. The molecule has 152 valence electrons. The summed E-state index contributed by atoms with van der Waals surface area (Å²) >= 11 is 0. The maximum absolute atomic E-state index is 9.04. The van der Waals surface area contributed by atoms with Gasteiger partial charge in [-0.1, -0.05) is 96.8 Å². The Hall–Kier alpha value is -0.830. The number of rotatable bonds is 19. The van der Waals surface area contributed by atoms with Crippen LogP contribution in [0.15, 0.2) is 12.4 Å². The van der Waals surface area contributed by atoms with Crippen molar-refractivity contribution in [2.75, 3.05) is 6.61 Å². The predicted octanol–water partition coefficient (Wildman–Crippen LogP) is 6.10. The summed E-state index contributed by atoms with van der Waals surface area (Å²) in [6, 6.07) is 0. The molecule has 0 aliphatic rings. The number of aromatic amines is 1. The van der Waals surface area contributed by atoms with Crippen LogP contribution >= 0.6 is 0 Å². The maximum Gasteiger partial charge on any atom is 0.256 e. The Kier molecular flexibility index (Phi) is 15.7. The van der Waals surface area contributed by atoms with Crippen LogP contribution in [-0.2, 0) is 13.0 Å². The van der Waals surface area contributed by atoms with Crippen LogP contribution in [0.2, 0.25) is 0 Å². The van der Waals surface area contributed by atoms with Gasteiger partial charge in [0.05, 0.1) is 19.6 Å². The van der Waals surface area contributed by atoms with Gasteiger partial charge < -0.3 is 5.11 Å². The third-order valence-electron chi connectivity index (χ3n) is 5.45. The van der Waals surface area contributed by atoms with E-state index in [2.05, 4.69) is 22.7 Å². The second-order valence-corrected chi connectivity index (χ2v) is 7.88. The number of hydrogen-bond acceptors (Lipinski definition) is 1. The van der Waals surface area contributed by atoms with E-state index in [4.69, 9.17) is 5.11 Å². The first kappa shape index (κ1) is 23.2. The van der Waals surface area contributed by atoms with E-state index in [0.29, 0.717) is 0 Å². The smallest absolute Gasteiger partial charge is 0.256 e. The second-order valence-electron chi connectivity index (χ2n) is 7.88. The van der Waals surface area contributed by atoms with E-state index in [9.17, 15) is 0 Å². The summed E-state index contributed by atoms with van der Waals surface area (Å²) in [5.74, 6) is 1.15. The molecule has 0 aliphatic carbocycles. The summed E-state index contributed by atoms with van der Waals surface area (Å²) in [6.45, 7) is 3.59. The first-order chi connectivity index (χ1) is 12.9. The molecule has 0 saturated carbocycles. The van der Waals surface area contributed by atoms with Crippen LogP contribution in [0.3, 0.4) is 0 Å². The van der Waals surface area contributed by atoms with Crippen molar-refractivity contribution in [2.24, 2.45) is 0 Å². The van der Waals surface area contributed by atoms with Gasteiger partial charge in [0, 0.05) is 0 Å². The van der Waals surface area contributed by atoms with Crippen molar-refractivity contribution < 1.29 is 9.67 Å². The number of unbranched alkanes of at least 4 members (excludes halogenated alkanes) is 15. The number of aryl methyl sites for hydroxylation is 1. The number of nitrogens with one attached hydrogen (secondary N) is 1. The predicted molar refractivity (Wildman–Crippen MR) is 111 cm³/mol. The normalized spacial score (nSPS) is 11.3. The van der Waals surface area contributed by atoms with Crippen LogP contribution in [0.25, 0.3) is 0 Å². The highest BCUT2D eigenvalue weighted by Gasteiger charge is 2.08. The minimum Gasteiger partial charge on any atom is -0.396 e. The van der Waals surface area contributed by atoms with Gasteiger partial charge in [-0.2, -0.15) is 0 Å². The SMILES string of the molecule is CCCCCCCCCCCCCCCCCC[n+]1cc[nH]c1CCO. The molecule has 1 rings (SSSR count). The van der Waals surface area contributed by atoms with E-state index in [1.54, 1.807) is 0 Å². The maximum atomic E-state index is 9.04. The molecule has 1 aromatic rings. The Balaban J connectivity index is 1.78. The van der Waals surface area contributed by atoms with Crippen LogP contribution < -0.4 is 4.57 Å². The third kappa shape index (κ3) is 12.5.